The molecule has 1 aromatic carbocycles. The van der Waals surface area contributed by atoms with Crippen LogP contribution < -0.4 is 0 Å². The van der Waals surface area contributed by atoms with Crippen LogP contribution in [0.1, 0.15) is 0 Å². The number of para-hydroxylation sites is 1. The van der Waals surface area contributed by atoms with E-state index in [1.807, 2.05) is 54.2 Å². The van der Waals surface area contributed by atoms with E-state index in [9.17, 15) is 0 Å². The molecular formula is C13H10ClN3. The molecule has 2 heterocycles. The first-order chi connectivity index (χ1) is 8.25. The van der Waals surface area contributed by atoms with Crippen LogP contribution in [0.15, 0.2) is 42.6 Å². The summed E-state index contributed by atoms with van der Waals surface area (Å²) in [6.45, 7) is 0. The first-order valence-corrected chi connectivity index (χ1v) is 5.67. The zero-order chi connectivity index (χ0) is 11.8. The summed E-state index contributed by atoms with van der Waals surface area (Å²) in [5.74, 6) is 0.654. The monoisotopic (exact) mass is 243 g/mol. The quantitative estimate of drug-likeness (QED) is 0.614. The molecule has 3 nitrogen and oxygen atoms in total. The number of nitrogens with zero attached hydrogens (tertiary/aromatic N) is 3. The lowest BCUT2D eigenvalue weighted by Gasteiger charge is -2.05. The highest BCUT2D eigenvalue weighted by molar-refractivity contribution is 6.34. The lowest BCUT2D eigenvalue weighted by molar-refractivity contribution is 0.923. The van der Waals surface area contributed by atoms with Gasteiger partial charge in [0, 0.05) is 18.6 Å². The van der Waals surface area contributed by atoms with Crippen LogP contribution in [0.4, 0.5) is 0 Å². The van der Waals surface area contributed by atoms with Crippen molar-refractivity contribution in [1.29, 1.82) is 0 Å². The Hall–Kier alpha value is -1.87. The first kappa shape index (κ1) is 10.3. The number of benzene rings is 1. The van der Waals surface area contributed by atoms with Crippen LogP contribution in [-0.4, -0.2) is 14.5 Å². The van der Waals surface area contributed by atoms with Gasteiger partial charge in [-0.15, -0.1) is 0 Å². The van der Waals surface area contributed by atoms with Gasteiger partial charge in [0.1, 0.15) is 5.15 Å². The van der Waals surface area contributed by atoms with Crippen LogP contribution in [0.5, 0.6) is 0 Å². The van der Waals surface area contributed by atoms with E-state index in [4.69, 9.17) is 11.6 Å². The second kappa shape index (κ2) is 3.86. The van der Waals surface area contributed by atoms with Gasteiger partial charge in [-0.3, -0.25) is 0 Å². The predicted octanol–water partition coefficient (Wildman–Crippen LogP) is 3.29. The molecule has 0 spiro atoms. The molecule has 0 amide bonds. The summed E-state index contributed by atoms with van der Waals surface area (Å²) in [5, 5.41) is 1.37. The van der Waals surface area contributed by atoms with Gasteiger partial charge in [0.15, 0.2) is 5.82 Å². The van der Waals surface area contributed by atoms with Gasteiger partial charge in [-0.25, -0.2) is 9.97 Å². The summed E-state index contributed by atoms with van der Waals surface area (Å²) in [7, 11) is 1.96. The lowest BCUT2D eigenvalue weighted by atomic mass is 10.2. The second-order valence-corrected chi connectivity index (χ2v) is 4.22. The second-order valence-electron chi connectivity index (χ2n) is 3.86. The molecule has 0 saturated heterocycles. The van der Waals surface area contributed by atoms with Gasteiger partial charge < -0.3 is 4.57 Å². The zero-order valence-corrected chi connectivity index (χ0v) is 10.0. The molecule has 0 N–H and O–H groups in total. The average molecular weight is 244 g/mol. The fourth-order valence-electron chi connectivity index (χ4n) is 1.85. The van der Waals surface area contributed by atoms with E-state index in [1.165, 1.54) is 0 Å². The Morgan fingerprint density at radius 1 is 1.06 bits per heavy atom. The topological polar surface area (TPSA) is 30.7 Å². The van der Waals surface area contributed by atoms with Crippen LogP contribution in [0, 0.1) is 0 Å². The molecule has 3 rings (SSSR count). The molecular weight excluding hydrogens is 234 g/mol. The average Bonchev–Trinajstić information content (AvgIpc) is 2.75. The number of aryl methyl sites for hydroxylation is 1. The van der Waals surface area contributed by atoms with E-state index >= 15 is 0 Å². The Labute approximate surface area is 104 Å². The molecule has 2 aromatic heterocycles. The van der Waals surface area contributed by atoms with E-state index in [-0.39, 0.29) is 0 Å². The largest absolute Gasteiger partial charge is 0.348 e. The maximum absolute atomic E-state index is 6.17. The predicted molar refractivity (Wildman–Crippen MR) is 69.0 cm³/mol. The molecule has 84 valence electrons. The first-order valence-electron chi connectivity index (χ1n) is 5.30. The number of fused-ring (bicyclic) bond motifs is 1. The molecule has 3 aromatic rings. The summed E-state index contributed by atoms with van der Waals surface area (Å²) < 4.78 is 1.97. The molecule has 0 aliphatic carbocycles. The Morgan fingerprint density at radius 3 is 2.65 bits per heavy atom. The van der Waals surface area contributed by atoms with Crippen LogP contribution >= 0.6 is 11.6 Å². The van der Waals surface area contributed by atoms with Gasteiger partial charge in [0.05, 0.1) is 11.2 Å². The molecule has 0 radical (unpaired) electrons. The van der Waals surface area contributed by atoms with Crippen LogP contribution in [-0.2, 0) is 7.05 Å². The Morgan fingerprint density at radius 2 is 1.88 bits per heavy atom. The molecule has 4 heteroatoms. The number of hydrogen-bond donors (Lipinski definition) is 0. The minimum Gasteiger partial charge on any atom is -0.348 e. The van der Waals surface area contributed by atoms with Crippen LogP contribution in [0.3, 0.4) is 0 Å². The van der Waals surface area contributed by atoms with E-state index in [2.05, 4.69) is 9.97 Å². The Balaban J connectivity index is 2.29. The number of rotatable bonds is 1. The normalized spacial score (nSPS) is 10.9. The van der Waals surface area contributed by atoms with Crippen molar-refractivity contribution >= 4 is 22.5 Å². The maximum atomic E-state index is 6.17. The van der Waals surface area contributed by atoms with Gasteiger partial charge >= 0.3 is 0 Å². The van der Waals surface area contributed by atoms with Crippen molar-refractivity contribution in [2.75, 3.05) is 0 Å². The highest BCUT2D eigenvalue weighted by atomic mass is 35.5. The Bertz CT molecular complexity index is 688. The fraction of sp³-hybridized carbons (Fsp3) is 0.0769. The van der Waals surface area contributed by atoms with Crippen molar-refractivity contribution in [3.05, 3.63) is 47.7 Å². The SMILES string of the molecule is Cn1cccc1-c1nc(Cl)c2ccccc2n1. The van der Waals surface area contributed by atoms with E-state index in [0.29, 0.717) is 11.0 Å². The molecule has 0 unspecified atom stereocenters. The third-order valence-electron chi connectivity index (χ3n) is 2.73. The van der Waals surface area contributed by atoms with Crippen molar-refractivity contribution in [2.45, 2.75) is 0 Å². The standard InChI is InChI=1S/C13H10ClN3/c1-17-8-4-7-11(17)13-15-10-6-3-2-5-9(10)12(14)16-13/h2-8H,1H3. The van der Waals surface area contributed by atoms with Gasteiger partial charge in [-0.2, -0.15) is 0 Å². The van der Waals surface area contributed by atoms with Crippen LogP contribution in [0.2, 0.25) is 5.15 Å². The third kappa shape index (κ3) is 1.68. The molecule has 17 heavy (non-hydrogen) atoms. The number of aromatic nitrogens is 3. The van der Waals surface area contributed by atoms with Gasteiger partial charge in [-0.05, 0) is 24.3 Å². The summed E-state index contributed by atoms with van der Waals surface area (Å²) in [5.41, 5.74) is 1.82. The van der Waals surface area contributed by atoms with E-state index < -0.39 is 0 Å². The van der Waals surface area contributed by atoms with Crippen molar-refractivity contribution in [1.82, 2.24) is 14.5 Å². The minimum atomic E-state index is 0.492. The Kier molecular flexibility index (Phi) is 2.34. The molecule has 0 fully saturated rings. The highest BCUT2D eigenvalue weighted by Crippen LogP contribution is 2.24. The third-order valence-corrected chi connectivity index (χ3v) is 3.02. The van der Waals surface area contributed by atoms with E-state index in [1.54, 1.807) is 0 Å². The number of hydrogen-bond acceptors (Lipinski definition) is 2. The lowest BCUT2D eigenvalue weighted by Crippen LogP contribution is -1.96. The van der Waals surface area contributed by atoms with Gasteiger partial charge in [0.2, 0.25) is 0 Å². The minimum absolute atomic E-state index is 0.492. The number of halogens is 1. The zero-order valence-electron chi connectivity index (χ0n) is 9.26. The highest BCUT2D eigenvalue weighted by Gasteiger charge is 2.09. The molecule has 0 saturated carbocycles. The summed E-state index contributed by atoms with van der Waals surface area (Å²) >= 11 is 6.17. The smallest absolute Gasteiger partial charge is 0.178 e. The van der Waals surface area contributed by atoms with Crippen molar-refractivity contribution in [3.63, 3.8) is 0 Å². The maximum Gasteiger partial charge on any atom is 0.178 e. The summed E-state index contributed by atoms with van der Waals surface area (Å²) in [4.78, 5) is 8.86. The molecule has 0 aliphatic rings. The fourth-order valence-corrected chi connectivity index (χ4v) is 2.09. The summed E-state index contributed by atoms with van der Waals surface area (Å²) in [6.07, 6.45) is 1.96. The molecule has 0 aliphatic heterocycles. The van der Waals surface area contributed by atoms with E-state index in [0.717, 1.165) is 16.6 Å². The van der Waals surface area contributed by atoms with Crippen molar-refractivity contribution < 1.29 is 0 Å². The van der Waals surface area contributed by atoms with Gasteiger partial charge in [0.25, 0.3) is 0 Å². The van der Waals surface area contributed by atoms with Gasteiger partial charge in [-0.1, -0.05) is 23.7 Å². The van der Waals surface area contributed by atoms with Crippen molar-refractivity contribution in [3.8, 4) is 11.5 Å². The molecule has 0 atom stereocenters. The van der Waals surface area contributed by atoms with Crippen LogP contribution in [0.25, 0.3) is 22.4 Å². The molecule has 0 bridgehead atoms. The van der Waals surface area contributed by atoms with Crippen molar-refractivity contribution in [2.24, 2.45) is 7.05 Å². The summed E-state index contributed by atoms with van der Waals surface area (Å²) in [6, 6.07) is 11.7.